The van der Waals surface area contributed by atoms with Crippen LogP contribution in [0.5, 0.6) is 0 Å². The Kier molecular flexibility index (Phi) is 12.8. The van der Waals surface area contributed by atoms with Gasteiger partial charge in [0.2, 0.25) is 0 Å². The van der Waals surface area contributed by atoms with Crippen LogP contribution in [-0.4, -0.2) is 86.3 Å². The van der Waals surface area contributed by atoms with Gasteiger partial charge in [-0.25, -0.2) is 14.6 Å². The van der Waals surface area contributed by atoms with Crippen LogP contribution >= 0.6 is 31.9 Å². The molecule has 2 amide bonds. The third-order valence-corrected chi connectivity index (χ3v) is 9.70. The lowest BCUT2D eigenvalue weighted by atomic mass is 10.0. The molecule has 4 heterocycles. The van der Waals surface area contributed by atoms with E-state index in [4.69, 9.17) is 15.2 Å². The van der Waals surface area contributed by atoms with Gasteiger partial charge in [-0.3, -0.25) is 15.1 Å². The Morgan fingerprint density at radius 3 is 1.70 bits per heavy atom. The Morgan fingerprint density at radius 2 is 1.24 bits per heavy atom. The summed E-state index contributed by atoms with van der Waals surface area (Å²) < 4.78 is 12.7. The molecule has 4 aromatic rings. The molecule has 0 aliphatic carbocycles. The molecule has 6 rings (SSSR count). The van der Waals surface area contributed by atoms with Crippen molar-refractivity contribution in [3.8, 4) is 0 Å². The second kappa shape index (κ2) is 16.9. The first-order valence-corrected chi connectivity index (χ1v) is 19.5. The topological polar surface area (TPSA) is 178 Å². The maximum Gasteiger partial charge on any atom is 0.410 e. The number of hydrogen-bond acceptors (Lipinski definition) is 11. The molecular formula is C38H48Br2N8O6. The van der Waals surface area contributed by atoms with E-state index in [1.807, 2.05) is 77.9 Å². The highest BCUT2D eigenvalue weighted by Crippen LogP contribution is 2.35. The average Bonchev–Trinajstić information content (AvgIpc) is 3.09. The Hall–Kier alpha value is -4.44. The van der Waals surface area contributed by atoms with E-state index in [2.05, 4.69) is 52.5 Å². The number of anilines is 3. The van der Waals surface area contributed by atoms with E-state index in [1.165, 1.54) is 6.20 Å². The van der Waals surface area contributed by atoms with Gasteiger partial charge < -0.3 is 35.6 Å². The first-order chi connectivity index (χ1) is 25.4. The van der Waals surface area contributed by atoms with E-state index >= 15 is 0 Å². The SMILES string of the molecule is CC(C)(C)OC(=O)N1CCC[C@@H](Nc2c(N)cnc3ccc(Br)cc23)C1.CC(C)(C)OC(=O)N1CCC[C@@H](Nc2c([N+](=O)[O-])cnc3ccc(Br)cc23)C1. The van der Waals surface area contributed by atoms with Crippen molar-refractivity contribution < 1.29 is 24.0 Å². The van der Waals surface area contributed by atoms with Crippen molar-refractivity contribution >= 4 is 88.6 Å². The predicted molar refractivity (Wildman–Crippen MR) is 219 cm³/mol. The predicted octanol–water partition coefficient (Wildman–Crippen LogP) is 9.11. The van der Waals surface area contributed by atoms with E-state index in [-0.39, 0.29) is 30.0 Å². The lowest BCUT2D eigenvalue weighted by Crippen LogP contribution is -2.47. The van der Waals surface area contributed by atoms with Crippen molar-refractivity contribution in [1.29, 1.82) is 0 Å². The summed E-state index contributed by atoms with van der Waals surface area (Å²) in [5.41, 5.74) is 8.48. The number of rotatable bonds is 5. The highest BCUT2D eigenvalue weighted by molar-refractivity contribution is 9.10. The van der Waals surface area contributed by atoms with Crippen molar-refractivity contribution in [2.45, 2.75) is 90.5 Å². The van der Waals surface area contributed by atoms with Crippen LogP contribution in [0.4, 0.5) is 32.3 Å². The minimum Gasteiger partial charge on any atom is -0.444 e. The van der Waals surface area contributed by atoms with Crippen LogP contribution in [0.25, 0.3) is 21.8 Å². The second-order valence-corrected chi connectivity index (χ2v) is 17.3. The number of amides is 2. The summed E-state index contributed by atoms with van der Waals surface area (Å²) >= 11 is 6.92. The number of nitrogens with one attached hydrogen (secondary N) is 2. The first-order valence-electron chi connectivity index (χ1n) is 17.9. The molecule has 2 fully saturated rings. The monoisotopic (exact) mass is 870 g/mol. The van der Waals surface area contributed by atoms with Gasteiger partial charge in [-0.05, 0) is 104 Å². The van der Waals surface area contributed by atoms with Gasteiger partial charge in [0.05, 0.1) is 33.5 Å². The Labute approximate surface area is 331 Å². The van der Waals surface area contributed by atoms with Gasteiger partial charge in [-0.15, -0.1) is 0 Å². The van der Waals surface area contributed by atoms with Gasteiger partial charge in [0.1, 0.15) is 23.1 Å². The van der Waals surface area contributed by atoms with Crippen molar-refractivity contribution in [3.05, 3.63) is 67.9 Å². The molecule has 54 heavy (non-hydrogen) atoms. The van der Waals surface area contributed by atoms with Gasteiger partial charge in [0.25, 0.3) is 0 Å². The Balaban J connectivity index is 0.000000208. The van der Waals surface area contributed by atoms with Crippen LogP contribution in [0.2, 0.25) is 0 Å². The van der Waals surface area contributed by atoms with E-state index < -0.39 is 16.1 Å². The van der Waals surface area contributed by atoms with E-state index in [9.17, 15) is 19.7 Å². The number of ether oxygens (including phenoxy) is 2. The summed E-state index contributed by atoms with van der Waals surface area (Å²) in [4.78, 5) is 47.9. The molecular weight excluding hydrogens is 824 g/mol. The summed E-state index contributed by atoms with van der Waals surface area (Å²) in [7, 11) is 0. The number of pyridine rings is 2. The number of nitro groups is 1. The first kappa shape index (κ1) is 40.7. The molecule has 2 aliphatic rings. The molecule has 290 valence electrons. The number of aromatic nitrogens is 2. The lowest BCUT2D eigenvalue weighted by molar-refractivity contribution is -0.384. The highest BCUT2D eigenvalue weighted by Gasteiger charge is 2.30. The second-order valence-electron chi connectivity index (χ2n) is 15.5. The number of carbonyl (C=O) groups is 2. The molecule has 4 N–H and O–H groups in total. The molecule has 0 saturated carbocycles. The summed E-state index contributed by atoms with van der Waals surface area (Å²) in [5.74, 6) is 0. The minimum atomic E-state index is -0.566. The Morgan fingerprint density at radius 1 is 0.796 bits per heavy atom. The number of fused-ring (bicyclic) bond motifs is 2. The van der Waals surface area contributed by atoms with Crippen LogP contribution in [-0.2, 0) is 9.47 Å². The third-order valence-electron chi connectivity index (χ3n) is 8.71. The molecule has 0 unspecified atom stereocenters. The number of nitrogen functional groups attached to an aromatic ring is 1. The quantitative estimate of drug-likeness (QED) is 0.129. The third kappa shape index (κ3) is 10.8. The van der Waals surface area contributed by atoms with E-state index in [1.54, 1.807) is 16.0 Å². The zero-order valence-corrected chi connectivity index (χ0v) is 34.6. The number of piperidine rings is 2. The van der Waals surface area contributed by atoms with Crippen LogP contribution in [0, 0.1) is 10.1 Å². The summed E-state index contributed by atoms with van der Waals surface area (Å²) in [6.07, 6.45) is 5.79. The average molecular weight is 873 g/mol. The fourth-order valence-electron chi connectivity index (χ4n) is 6.37. The van der Waals surface area contributed by atoms with Crippen LogP contribution in [0.15, 0.2) is 57.7 Å². The molecule has 16 heteroatoms. The smallest absolute Gasteiger partial charge is 0.410 e. The van der Waals surface area contributed by atoms with Crippen LogP contribution < -0.4 is 16.4 Å². The number of hydrogen-bond donors (Lipinski definition) is 3. The molecule has 0 bridgehead atoms. The van der Waals surface area contributed by atoms with Crippen molar-refractivity contribution in [3.63, 3.8) is 0 Å². The fourth-order valence-corrected chi connectivity index (χ4v) is 7.09. The number of halogens is 2. The van der Waals surface area contributed by atoms with E-state index in [0.717, 1.165) is 51.2 Å². The molecule has 0 radical (unpaired) electrons. The molecule has 2 aromatic heterocycles. The lowest BCUT2D eigenvalue weighted by Gasteiger charge is -2.35. The molecule has 0 spiro atoms. The highest BCUT2D eigenvalue weighted by atomic mass is 79.9. The zero-order chi connectivity index (χ0) is 39.4. The summed E-state index contributed by atoms with van der Waals surface area (Å²) in [6, 6.07) is 11.4. The van der Waals surface area contributed by atoms with Crippen LogP contribution in [0.3, 0.4) is 0 Å². The molecule has 2 atom stereocenters. The molecule has 2 aromatic carbocycles. The van der Waals surface area contributed by atoms with Gasteiger partial charge >= 0.3 is 17.9 Å². The van der Waals surface area contributed by atoms with Gasteiger partial charge in [0, 0.05) is 58.0 Å². The fraction of sp³-hybridized carbons (Fsp3) is 0.474. The van der Waals surface area contributed by atoms with Crippen molar-refractivity contribution in [2.75, 3.05) is 42.5 Å². The number of nitrogens with two attached hydrogens (primary N) is 1. The van der Waals surface area contributed by atoms with Gasteiger partial charge in [-0.2, -0.15) is 0 Å². The largest absolute Gasteiger partial charge is 0.444 e. The normalized spacial score (nSPS) is 17.7. The van der Waals surface area contributed by atoms with Gasteiger partial charge in [-0.1, -0.05) is 31.9 Å². The van der Waals surface area contributed by atoms with Crippen molar-refractivity contribution in [1.82, 2.24) is 19.8 Å². The number of benzene rings is 2. The summed E-state index contributed by atoms with van der Waals surface area (Å²) in [5, 5.41) is 20.0. The number of carbonyl (C=O) groups excluding carboxylic acids is 2. The maximum absolute atomic E-state index is 12.4. The number of nitrogens with zero attached hydrogens (tertiary/aromatic N) is 5. The summed E-state index contributed by atoms with van der Waals surface area (Å²) in [6.45, 7) is 13.5. The van der Waals surface area contributed by atoms with Crippen molar-refractivity contribution in [2.24, 2.45) is 0 Å². The standard InChI is InChI=1S/C19H23BrN4O4.C19H25BrN4O2/c1-19(2,3)28-18(25)23-8-4-5-13(11-23)22-17-14-9-12(20)6-7-15(14)21-10-16(17)24(26)27;1-19(2,3)26-18(25)24-8-4-5-13(11-24)23-17-14-9-12(20)6-7-16(14)22-10-15(17)21/h6-7,9-10,13H,4-5,8,11H2,1-3H3,(H,21,22);6-7,9-10,13H,4-5,8,11,21H2,1-3H3,(H,22,23)/t2*13-/m11/s1. The number of likely N-dealkylation sites (tertiary alicyclic amines) is 2. The Bertz CT molecular complexity index is 2010. The van der Waals surface area contributed by atoms with Crippen LogP contribution in [0.1, 0.15) is 67.2 Å². The van der Waals surface area contributed by atoms with E-state index in [0.29, 0.717) is 48.5 Å². The maximum atomic E-state index is 12.4. The molecule has 2 saturated heterocycles. The van der Waals surface area contributed by atoms with Gasteiger partial charge in [0.15, 0.2) is 0 Å². The zero-order valence-electron chi connectivity index (χ0n) is 31.4. The molecule has 2 aliphatic heterocycles. The molecule has 14 nitrogen and oxygen atoms in total. The minimum absolute atomic E-state index is 0.0833.